The zero-order chi connectivity index (χ0) is 17.5. The van der Waals surface area contributed by atoms with Crippen LogP contribution in [0.25, 0.3) is 0 Å². The fourth-order valence-electron chi connectivity index (χ4n) is 7.78. The molecular weight excluding hydrogens is 296 g/mol. The van der Waals surface area contributed by atoms with Crippen LogP contribution in [0.15, 0.2) is 12.2 Å². The lowest BCUT2D eigenvalue weighted by molar-refractivity contribution is -0.163. The number of rotatable bonds is 0. The SMILES string of the molecule is CC1(C)C(=O)C=C[C@]2(C)[C@H]3CC[C@]4(C)[C@H](O)CC[C@@]4(C)[C@@H]3CC[C@@H]12. The van der Waals surface area contributed by atoms with Crippen molar-refractivity contribution >= 4 is 5.78 Å². The van der Waals surface area contributed by atoms with Crippen molar-refractivity contribution in [1.29, 1.82) is 0 Å². The highest BCUT2D eigenvalue weighted by atomic mass is 16.3. The molecule has 0 unspecified atom stereocenters. The van der Waals surface area contributed by atoms with E-state index in [1.807, 2.05) is 6.08 Å². The van der Waals surface area contributed by atoms with Gasteiger partial charge in [0.25, 0.3) is 0 Å². The van der Waals surface area contributed by atoms with Crippen molar-refractivity contribution in [3.63, 3.8) is 0 Å². The Kier molecular flexibility index (Phi) is 3.33. The second kappa shape index (κ2) is 4.75. The Hall–Kier alpha value is -0.630. The molecule has 0 aromatic carbocycles. The van der Waals surface area contributed by atoms with Gasteiger partial charge in [0.15, 0.2) is 5.78 Å². The Bertz CT molecular complexity index is 605. The highest BCUT2D eigenvalue weighted by Crippen LogP contribution is 2.71. The maximum absolute atomic E-state index is 12.5. The number of allylic oxidation sites excluding steroid dienone is 2. The Labute approximate surface area is 147 Å². The predicted molar refractivity (Wildman–Crippen MR) is 96.4 cm³/mol. The predicted octanol–water partition coefficient (Wildman–Crippen LogP) is 4.76. The molecule has 3 fully saturated rings. The van der Waals surface area contributed by atoms with E-state index in [4.69, 9.17) is 0 Å². The molecule has 1 N–H and O–H groups in total. The van der Waals surface area contributed by atoms with Crippen LogP contribution in [0.3, 0.4) is 0 Å². The fraction of sp³-hybridized carbons (Fsp3) is 0.864. The summed E-state index contributed by atoms with van der Waals surface area (Å²) in [5.41, 5.74) is 0.243. The summed E-state index contributed by atoms with van der Waals surface area (Å²) in [6.45, 7) is 11.6. The quantitative estimate of drug-likeness (QED) is 0.695. The molecule has 2 heteroatoms. The molecule has 4 aliphatic carbocycles. The van der Waals surface area contributed by atoms with Crippen LogP contribution in [-0.2, 0) is 4.79 Å². The lowest BCUT2D eigenvalue weighted by atomic mass is 9.40. The van der Waals surface area contributed by atoms with Gasteiger partial charge in [-0.2, -0.15) is 0 Å². The summed E-state index contributed by atoms with van der Waals surface area (Å²) in [7, 11) is 0. The number of aliphatic hydroxyl groups is 1. The molecule has 134 valence electrons. The Morgan fingerprint density at radius 3 is 2.29 bits per heavy atom. The zero-order valence-corrected chi connectivity index (χ0v) is 16.1. The van der Waals surface area contributed by atoms with E-state index in [1.165, 1.54) is 19.3 Å². The summed E-state index contributed by atoms with van der Waals surface area (Å²) in [5.74, 6) is 2.11. The molecule has 4 rings (SSSR count). The molecule has 2 nitrogen and oxygen atoms in total. The third-order valence-electron chi connectivity index (χ3n) is 9.67. The smallest absolute Gasteiger partial charge is 0.161 e. The molecule has 0 aliphatic heterocycles. The number of hydrogen-bond donors (Lipinski definition) is 1. The lowest BCUT2D eigenvalue weighted by Gasteiger charge is -2.64. The molecule has 0 amide bonds. The van der Waals surface area contributed by atoms with Gasteiger partial charge in [0.1, 0.15) is 0 Å². The third kappa shape index (κ3) is 1.74. The average molecular weight is 331 g/mol. The first-order valence-electron chi connectivity index (χ1n) is 9.99. The van der Waals surface area contributed by atoms with Gasteiger partial charge in [0.2, 0.25) is 0 Å². The summed E-state index contributed by atoms with van der Waals surface area (Å²) in [5, 5.41) is 10.7. The van der Waals surface area contributed by atoms with Gasteiger partial charge in [-0.3, -0.25) is 4.79 Å². The van der Waals surface area contributed by atoms with Crippen molar-refractivity contribution < 1.29 is 9.90 Å². The van der Waals surface area contributed by atoms with Crippen molar-refractivity contribution in [1.82, 2.24) is 0 Å². The molecule has 0 saturated heterocycles. The van der Waals surface area contributed by atoms with Crippen molar-refractivity contribution in [3.05, 3.63) is 12.2 Å². The van der Waals surface area contributed by atoms with Crippen LogP contribution in [-0.4, -0.2) is 17.0 Å². The summed E-state index contributed by atoms with van der Waals surface area (Å²) in [4.78, 5) is 12.5. The minimum absolute atomic E-state index is 0.0844. The molecule has 4 aliphatic rings. The Morgan fingerprint density at radius 1 is 0.917 bits per heavy atom. The van der Waals surface area contributed by atoms with Gasteiger partial charge in [0, 0.05) is 5.41 Å². The van der Waals surface area contributed by atoms with E-state index in [-0.39, 0.29) is 27.8 Å². The van der Waals surface area contributed by atoms with Crippen LogP contribution in [0.2, 0.25) is 0 Å². The van der Waals surface area contributed by atoms with Crippen molar-refractivity contribution in [2.24, 2.45) is 39.4 Å². The number of carbonyl (C=O) groups excluding carboxylic acids is 1. The number of aliphatic hydroxyl groups excluding tert-OH is 1. The number of hydrogen-bond acceptors (Lipinski definition) is 2. The van der Waals surface area contributed by atoms with Crippen LogP contribution in [0, 0.1) is 39.4 Å². The van der Waals surface area contributed by atoms with Crippen LogP contribution >= 0.6 is 0 Å². The van der Waals surface area contributed by atoms with E-state index < -0.39 is 0 Å². The second-order valence-corrected chi connectivity index (χ2v) is 10.6. The second-order valence-electron chi connectivity index (χ2n) is 10.6. The molecule has 0 heterocycles. The molecular formula is C22H34O2. The molecule has 0 spiro atoms. The fourth-order valence-corrected chi connectivity index (χ4v) is 7.78. The van der Waals surface area contributed by atoms with Crippen LogP contribution < -0.4 is 0 Å². The molecule has 0 radical (unpaired) electrons. The maximum atomic E-state index is 12.5. The van der Waals surface area contributed by atoms with Gasteiger partial charge < -0.3 is 5.11 Å². The lowest BCUT2D eigenvalue weighted by Crippen LogP contribution is -2.60. The van der Waals surface area contributed by atoms with Crippen LogP contribution in [0.5, 0.6) is 0 Å². The van der Waals surface area contributed by atoms with E-state index >= 15 is 0 Å². The largest absolute Gasteiger partial charge is 0.393 e. The van der Waals surface area contributed by atoms with E-state index in [0.29, 0.717) is 23.5 Å². The minimum atomic E-state index is -0.231. The molecule has 3 saturated carbocycles. The first-order chi connectivity index (χ1) is 11.1. The number of ketones is 1. The molecule has 0 bridgehead atoms. The van der Waals surface area contributed by atoms with E-state index in [2.05, 4.69) is 40.7 Å². The highest BCUT2D eigenvalue weighted by Gasteiger charge is 2.66. The summed E-state index contributed by atoms with van der Waals surface area (Å²) >= 11 is 0. The first kappa shape index (κ1) is 16.8. The Balaban J connectivity index is 1.77. The van der Waals surface area contributed by atoms with Gasteiger partial charge in [-0.05, 0) is 78.6 Å². The van der Waals surface area contributed by atoms with Gasteiger partial charge in [-0.25, -0.2) is 0 Å². The maximum Gasteiger partial charge on any atom is 0.161 e. The van der Waals surface area contributed by atoms with Crippen molar-refractivity contribution in [3.8, 4) is 0 Å². The first-order valence-corrected chi connectivity index (χ1v) is 9.99. The Morgan fingerprint density at radius 2 is 1.58 bits per heavy atom. The molecule has 0 aromatic rings. The number of carbonyl (C=O) groups is 1. The molecule has 0 aromatic heterocycles. The van der Waals surface area contributed by atoms with Gasteiger partial charge >= 0.3 is 0 Å². The molecule has 24 heavy (non-hydrogen) atoms. The normalized spacial score (nSPS) is 55.7. The van der Waals surface area contributed by atoms with Gasteiger partial charge in [-0.15, -0.1) is 0 Å². The molecule has 7 atom stereocenters. The zero-order valence-electron chi connectivity index (χ0n) is 16.1. The third-order valence-corrected chi connectivity index (χ3v) is 9.67. The van der Waals surface area contributed by atoms with Crippen LogP contribution in [0.1, 0.15) is 73.1 Å². The summed E-state index contributed by atoms with van der Waals surface area (Å²) < 4.78 is 0. The van der Waals surface area contributed by atoms with Crippen molar-refractivity contribution in [2.75, 3.05) is 0 Å². The number of fused-ring (bicyclic) bond motifs is 5. The van der Waals surface area contributed by atoms with Gasteiger partial charge in [0.05, 0.1) is 6.10 Å². The minimum Gasteiger partial charge on any atom is -0.393 e. The summed E-state index contributed by atoms with van der Waals surface area (Å²) in [6, 6.07) is 0. The van der Waals surface area contributed by atoms with Gasteiger partial charge in [-0.1, -0.05) is 40.7 Å². The monoisotopic (exact) mass is 330 g/mol. The highest BCUT2D eigenvalue weighted by molar-refractivity contribution is 5.95. The average Bonchev–Trinajstić information content (AvgIpc) is 2.76. The standard InChI is InChI=1S/C22H34O2/c1-19(2)16-7-6-15-14(20(16,3)11-9-17(19)23)8-12-22(5)18(24)10-13-21(15,22)4/h9,11,14-16,18,24H,6-8,10,12-13H2,1-5H3/t14-,15+,16-,18+,20+,21-,22+/m0/s1. The topological polar surface area (TPSA) is 37.3 Å². The van der Waals surface area contributed by atoms with Crippen molar-refractivity contribution in [2.45, 2.75) is 79.2 Å². The van der Waals surface area contributed by atoms with E-state index in [0.717, 1.165) is 19.3 Å². The van der Waals surface area contributed by atoms with E-state index in [1.54, 1.807) is 0 Å². The van der Waals surface area contributed by atoms with E-state index in [9.17, 15) is 9.90 Å². The summed E-state index contributed by atoms with van der Waals surface area (Å²) in [6.07, 6.45) is 10.9. The van der Waals surface area contributed by atoms with Crippen LogP contribution in [0.4, 0.5) is 0 Å².